The van der Waals surface area contributed by atoms with Gasteiger partial charge in [0.05, 0.1) is 5.69 Å². The van der Waals surface area contributed by atoms with Crippen LogP contribution in [0.25, 0.3) is 11.3 Å². The molecule has 0 saturated carbocycles. The lowest BCUT2D eigenvalue weighted by Crippen LogP contribution is -2.54. The maximum Gasteiger partial charge on any atom is 0.490 e. The van der Waals surface area contributed by atoms with Crippen LogP contribution >= 0.6 is 0 Å². The largest absolute Gasteiger partial charge is 0.490 e. The van der Waals surface area contributed by atoms with Gasteiger partial charge >= 0.3 is 24.0 Å². The molecule has 0 bridgehead atoms. The lowest BCUT2D eigenvalue weighted by atomic mass is 9.94. The van der Waals surface area contributed by atoms with Gasteiger partial charge in [-0.15, -0.1) is 0 Å². The highest BCUT2D eigenvalue weighted by Crippen LogP contribution is 2.33. The molecule has 13 heteroatoms. The number of fused-ring (bicyclic) bond motifs is 1. The van der Waals surface area contributed by atoms with Gasteiger partial charge in [-0.2, -0.15) is 18.3 Å². The number of aromatic nitrogens is 3. The molecule has 4 rings (SSSR count). The van der Waals surface area contributed by atoms with Crippen molar-refractivity contribution >= 4 is 23.5 Å². The maximum absolute atomic E-state index is 12.6. The van der Waals surface area contributed by atoms with E-state index >= 15 is 0 Å². The number of hydrogen-bond donors (Lipinski definition) is 3. The van der Waals surface area contributed by atoms with Gasteiger partial charge in [-0.25, -0.2) is 4.79 Å². The summed E-state index contributed by atoms with van der Waals surface area (Å²) in [7, 11) is 5.78. The molecule has 202 valence electrons. The first-order valence-corrected chi connectivity index (χ1v) is 11.4. The van der Waals surface area contributed by atoms with Crippen LogP contribution in [0.3, 0.4) is 0 Å². The molecule has 3 N–H and O–H groups in total. The molecule has 3 aromatic rings. The summed E-state index contributed by atoms with van der Waals surface area (Å²) in [6, 6.07) is 11.9. The third-order valence-corrected chi connectivity index (χ3v) is 6.16. The first-order chi connectivity index (χ1) is 17.8. The third kappa shape index (κ3) is 6.73. The normalized spacial score (nSPS) is 13.8. The van der Waals surface area contributed by atoms with E-state index in [1.54, 1.807) is 42.5 Å². The lowest BCUT2D eigenvalue weighted by Gasteiger charge is -2.36. The lowest BCUT2D eigenvalue weighted by molar-refractivity contribution is -0.192. The van der Waals surface area contributed by atoms with Crippen molar-refractivity contribution in [3.63, 3.8) is 0 Å². The minimum atomic E-state index is -5.08. The molecule has 0 aliphatic heterocycles. The minimum absolute atomic E-state index is 0.254. The second-order valence-corrected chi connectivity index (χ2v) is 8.98. The fraction of sp³-hybridized carbons (Fsp3) is 0.320. The van der Waals surface area contributed by atoms with Crippen molar-refractivity contribution in [1.82, 2.24) is 25.0 Å². The topological polar surface area (TPSA) is 129 Å². The van der Waals surface area contributed by atoms with Crippen LogP contribution in [0.2, 0.25) is 0 Å². The quantitative estimate of drug-likeness (QED) is 0.430. The second-order valence-electron chi connectivity index (χ2n) is 8.98. The number of halogens is 3. The number of likely N-dealkylation sites (N-methyl/N-ethyl adjacent to an activating group) is 1. The molecule has 0 radical (unpaired) electrons. The number of hydrogen-bond acceptors (Lipinski definition) is 6. The fourth-order valence-electron chi connectivity index (χ4n) is 4.08. The molecular weight excluding hydrogens is 505 g/mol. The molecular formula is C25H27F3N6O4. The van der Waals surface area contributed by atoms with E-state index < -0.39 is 24.0 Å². The van der Waals surface area contributed by atoms with E-state index in [0.717, 1.165) is 18.4 Å². The summed E-state index contributed by atoms with van der Waals surface area (Å²) in [5.41, 5.74) is 4.18. The van der Waals surface area contributed by atoms with Crippen molar-refractivity contribution in [2.24, 2.45) is 7.05 Å². The molecule has 10 nitrogen and oxygen atoms in total. The van der Waals surface area contributed by atoms with Gasteiger partial charge in [0.2, 0.25) is 0 Å². The minimum Gasteiger partial charge on any atom is -0.475 e. The van der Waals surface area contributed by atoms with Crippen LogP contribution in [-0.2, 0) is 34.3 Å². The Bertz CT molecular complexity index is 1280. The number of carboxylic acid groups (broad SMARTS) is 1. The molecule has 2 amide bonds. The van der Waals surface area contributed by atoms with Crippen molar-refractivity contribution in [3.05, 3.63) is 66.1 Å². The number of anilines is 1. The number of nitrogens with zero attached hydrogens (tertiary/aromatic N) is 4. The van der Waals surface area contributed by atoms with E-state index in [0.29, 0.717) is 17.9 Å². The zero-order valence-electron chi connectivity index (χ0n) is 20.9. The van der Waals surface area contributed by atoms with E-state index in [-0.39, 0.29) is 5.54 Å². The predicted molar refractivity (Wildman–Crippen MR) is 132 cm³/mol. The Kier molecular flexibility index (Phi) is 8.51. The highest BCUT2D eigenvalue weighted by atomic mass is 19.4. The Hall–Kier alpha value is -4.26. The van der Waals surface area contributed by atoms with Crippen molar-refractivity contribution in [3.8, 4) is 11.3 Å². The smallest absolute Gasteiger partial charge is 0.475 e. The van der Waals surface area contributed by atoms with Gasteiger partial charge in [-0.3, -0.25) is 19.3 Å². The van der Waals surface area contributed by atoms with E-state index in [1.165, 1.54) is 11.1 Å². The summed E-state index contributed by atoms with van der Waals surface area (Å²) in [4.78, 5) is 40.3. The van der Waals surface area contributed by atoms with Gasteiger partial charge < -0.3 is 20.6 Å². The molecule has 1 aliphatic rings. The summed E-state index contributed by atoms with van der Waals surface area (Å²) >= 11 is 0. The SMILES string of the molecule is CN(C)C1(CNC(=O)C(=O)Nc2cn(C)nc2-c2ccncc2)Cc2ccccc2C1.O=C(O)C(F)(F)F. The molecule has 0 saturated heterocycles. The van der Waals surface area contributed by atoms with Gasteiger partial charge in [-0.05, 0) is 50.2 Å². The van der Waals surface area contributed by atoms with Crippen LogP contribution in [0.15, 0.2) is 55.0 Å². The predicted octanol–water partition coefficient (Wildman–Crippen LogP) is 2.27. The number of carbonyl (C=O) groups excluding carboxylic acids is 2. The summed E-state index contributed by atoms with van der Waals surface area (Å²) in [6.07, 6.45) is 1.56. The Morgan fingerprint density at radius 1 is 1.05 bits per heavy atom. The van der Waals surface area contributed by atoms with Gasteiger partial charge in [0.15, 0.2) is 0 Å². The number of nitrogens with one attached hydrogen (secondary N) is 2. The number of aliphatic carboxylic acids is 1. The fourth-order valence-corrected chi connectivity index (χ4v) is 4.08. The molecule has 38 heavy (non-hydrogen) atoms. The Balaban J connectivity index is 0.000000505. The molecule has 1 aliphatic carbocycles. The monoisotopic (exact) mass is 532 g/mol. The van der Waals surface area contributed by atoms with Crippen LogP contribution in [-0.4, -0.2) is 74.9 Å². The first-order valence-electron chi connectivity index (χ1n) is 11.4. The summed E-state index contributed by atoms with van der Waals surface area (Å²) < 4.78 is 33.3. The first kappa shape index (κ1) is 28.3. The molecule has 0 spiro atoms. The zero-order valence-corrected chi connectivity index (χ0v) is 20.9. The van der Waals surface area contributed by atoms with Crippen molar-refractivity contribution in [2.75, 3.05) is 26.0 Å². The highest BCUT2D eigenvalue weighted by molar-refractivity contribution is 6.39. The van der Waals surface area contributed by atoms with Crippen LogP contribution in [0.4, 0.5) is 18.9 Å². The van der Waals surface area contributed by atoms with Crippen molar-refractivity contribution in [1.29, 1.82) is 0 Å². The number of benzene rings is 1. The van der Waals surface area contributed by atoms with Gasteiger partial charge in [0, 0.05) is 43.3 Å². The number of alkyl halides is 3. The second kappa shape index (κ2) is 11.4. The Morgan fingerprint density at radius 2 is 1.61 bits per heavy atom. The van der Waals surface area contributed by atoms with E-state index in [2.05, 4.69) is 37.7 Å². The number of rotatable bonds is 5. The van der Waals surface area contributed by atoms with E-state index in [9.17, 15) is 22.8 Å². The summed E-state index contributed by atoms with van der Waals surface area (Å²) in [6.45, 7) is 0.380. The van der Waals surface area contributed by atoms with Gasteiger partial charge in [0.1, 0.15) is 5.69 Å². The summed E-state index contributed by atoms with van der Waals surface area (Å²) in [5, 5.41) is 17.1. The molecule has 1 aromatic carbocycles. The number of pyridine rings is 1. The standard InChI is InChI=1S/C23H26N6O2.C2HF3O2/c1-28(2)23(12-17-6-4-5-7-18(17)13-23)15-25-21(30)22(31)26-19-14-29(3)27-20(19)16-8-10-24-11-9-16;3-2(4,5)1(6)7/h4-11,14H,12-13,15H2,1-3H3,(H,25,30)(H,26,31);(H,6,7). The highest BCUT2D eigenvalue weighted by Gasteiger charge is 2.40. The molecule has 0 atom stereocenters. The number of amides is 2. The maximum atomic E-state index is 12.6. The number of aryl methyl sites for hydroxylation is 1. The van der Waals surface area contributed by atoms with Crippen LogP contribution in [0.5, 0.6) is 0 Å². The van der Waals surface area contributed by atoms with E-state index in [4.69, 9.17) is 9.90 Å². The van der Waals surface area contributed by atoms with E-state index in [1.807, 2.05) is 26.2 Å². The average molecular weight is 533 g/mol. The van der Waals surface area contributed by atoms with Crippen LogP contribution in [0, 0.1) is 0 Å². The van der Waals surface area contributed by atoms with Gasteiger partial charge in [0.25, 0.3) is 0 Å². The summed E-state index contributed by atoms with van der Waals surface area (Å²) in [5.74, 6) is -4.14. The molecule has 2 heterocycles. The molecule has 0 fully saturated rings. The van der Waals surface area contributed by atoms with Crippen LogP contribution in [0.1, 0.15) is 11.1 Å². The Morgan fingerprint density at radius 3 is 2.11 bits per heavy atom. The number of carbonyl (C=O) groups is 3. The molecule has 2 aromatic heterocycles. The Labute approximate surface area is 216 Å². The van der Waals surface area contributed by atoms with Crippen molar-refractivity contribution in [2.45, 2.75) is 24.6 Å². The molecule has 0 unspecified atom stereocenters. The third-order valence-electron chi connectivity index (χ3n) is 6.16. The van der Waals surface area contributed by atoms with Gasteiger partial charge in [-0.1, -0.05) is 24.3 Å². The van der Waals surface area contributed by atoms with Crippen molar-refractivity contribution < 1.29 is 32.7 Å². The number of carboxylic acids is 1. The zero-order chi connectivity index (χ0) is 28.1. The van der Waals surface area contributed by atoms with Crippen LogP contribution < -0.4 is 10.6 Å². The average Bonchev–Trinajstić information content (AvgIpc) is 3.43.